The fourth-order valence-electron chi connectivity index (χ4n) is 1.54. The second kappa shape index (κ2) is 4.04. The molecule has 1 nitrogen and oxygen atoms in total. The number of allylic oxidation sites excluding steroid dienone is 1. The highest BCUT2D eigenvalue weighted by molar-refractivity contribution is 5.00. The van der Waals surface area contributed by atoms with Crippen molar-refractivity contribution in [1.29, 1.82) is 0 Å². The Balaban J connectivity index is 2.42. The monoisotopic (exact) mass is 171 g/mol. The predicted octanol–water partition coefficient (Wildman–Crippen LogP) is 2.24. The van der Waals surface area contributed by atoms with Gasteiger partial charge in [0.2, 0.25) is 0 Å². The van der Waals surface area contributed by atoms with Crippen molar-refractivity contribution in [2.24, 2.45) is 5.92 Å². The molecule has 2 heteroatoms. The maximum absolute atomic E-state index is 12.9. The molecule has 1 saturated heterocycles. The lowest BCUT2D eigenvalue weighted by Crippen LogP contribution is -2.22. The molecule has 0 amide bonds. The molecular weight excluding hydrogens is 153 g/mol. The van der Waals surface area contributed by atoms with Gasteiger partial charge in [0.05, 0.1) is 0 Å². The van der Waals surface area contributed by atoms with Crippen molar-refractivity contribution in [1.82, 2.24) is 4.90 Å². The molecule has 0 spiro atoms. The summed E-state index contributed by atoms with van der Waals surface area (Å²) in [5.74, 6) is 0.567. The summed E-state index contributed by atoms with van der Waals surface area (Å²) in [6, 6.07) is 0.322. The first-order chi connectivity index (χ1) is 5.59. The zero-order valence-electron chi connectivity index (χ0n) is 8.13. The summed E-state index contributed by atoms with van der Waals surface area (Å²) >= 11 is 0. The van der Waals surface area contributed by atoms with Crippen LogP contribution in [0.1, 0.15) is 20.3 Å². The van der Waals surface area contributed by atoms with Crippen molar-refractivity contribution >= 4 is 0 Å². The minimum atomic E-state index is -0.628. The Labute approximate surface area is 74.3 Å². The van der Waals surface area contributed by atoms with Crippen molar-refractivity contribution in [2.45, 2.75) is 32.5 Å². The quantitative estimate of drug-likeness (QED) is 0.576. The van der Waals surface area contributed by atoms with Crippen LogP contribution < -0.4 is 0 Å². The smallest absolute Gasteiger partial charge is 0.115 e. The molecule has 0 radical (unpaired) electrons. The van der Waals surface area contributed by atoms with Gasteiger partial charge in [0.1, 0.15) is 6.17 Å². The van der Waals surface area contributed by atoms with Crippen LogP contribution >= 0.6 is 0 Å². The minimum absolute atomic E-state index is 0.322. The maximum Gasteiger partial charge on any atom is 0.115 e. The third kappa shape index (κ3) is 2.59. The van der Waals surface area contributed by atoms with Crippen LogP contribution in [0.5, 0.6) is 0 Å². The number of halogens is 1. The van der Waals surface area contributed by atoms with Crippen molar-refractivity contribution in [2.75, 3.05) is 13.6 Å². The lowest BCUT2D eigenvalue weighted by molar-refractivity contribution is 0.311. The fraction of sp³-hybridized carbons (Fsp3) is 0.800. The summed E-state index contributed by atoms with van der Waals surface area (Å²) in [5.41, 5.74) is 0. The Bertz CT molecular complexity index is 165. The van der Waals surface area contributed by atoms with E-state index in [1.165, 1.54) is 0 Å². The van der Waals surface area contributed by atoms with Crippen LogP contribution in [0, 0.1) is 5.92 Å². The van der Waals surface area contributed by atoms with E-state index in [9.17, 15) is 4.39 Å². The van der Waals surface area contributed by atoms with Crippen molar-refractivity contribution in [3.8, 4) is 0 Å². The summed E-state index contributed by atoms with van der Waals surface area (Å²) in [6.07, 6.45) is 4.32. The van der Waals surface area contributed by atoms with Crippen LogP contribution in [0.25, 0.3) is 0 Å². The Morgan fingerprint density at radius 2 is 2.17 bits per heavy atom. The third-order valence-electron chi connectivity index (χ3n) is 2.27. The Kier molecular flexibility index (Phi) is 3.27. The molecule has 1 aliphatic rings. The summed E-state index contributed by atoms with van der Waals surface area (Å²) < 4.78 is 12.9. The summed E-state index contributed by atoms with van der Waals surface area (Å²) in [5, 5.41) is 0. The second-order valence-corrected chi connectivity index (χ2v) is 3.97. The molecule has 1 heterocycles. The fourth-order valence-corrected chi connectivity index (χ4v) is 1.54. The van der Waals surface area contributed by atoms with Gasteiger partial charge in [-0.1, -0.05) is 26.0 Å². The van der Waals surface area contributed by atoms with Gasteiger partial charge in [-0.3, -0.25) is 4.90 Å². The number of likely N-dealkylation sites (tertiary alicyclic amines) is 1. The number of nitrogens with zero attached hydrogens (tertiary/aromatic N) is 1. The molecular formula is C10H18FN. The zero-order valence-corrected chi connectivity index (χ0v) is 8.13. The van der Waals surface area contributed by atoms with Crippen LogP contribution in [0.4, 0.5) is 4.39 Å². The molecule has 0 saturated carbocycles. The van der Waals surface area contributed by atoms with Gasteiger partial charge in [0.25, 0.3) is 0 Å². The van der Waals surface area contributed by atoms with Crippen molar-refractivity contribution < 1.29 is 4.39 Å². The predicted molar refractivity (Wildman–Crippen MR) is 49.9 cm³/mol. The van der Waals surface area contributed by atoms with Gasteiger partial charge < -0.3 is 0 Å². The molecule has 1 aliphatic heterocycles. The molecule has 0 bridgehead atoms. The van der Waals surface area contributed by atoms with E-state index in [0.717, 1.165) is 0 Å². The van der Waals surface area contributed by atoms with Crippen molar-refractivity contribution in [3.63, 3.8) is 0 Å². The molecule has 0 aliphatic carbocycles. The molecule has 2 atom stereocenters. The topological polar surface area (TPSA) is 3.24 Å². The van der Waals surface area contributed by atoms with E-state index in [1.807, 2.05) is 7.05 Å². The van der Waals surface area contributed by atoms with Gasteiger partial charge >= 0.3 is 0 Å². The normalized spacial score (nSPS) is 32.4. The van der Waals surface area contributed by atoms with E-state index in [-0.39, 0.29) is 0 Å². The van der Waals surface area contributed by atoms with E-state index >= 15 is 0 Å². The van der Waals surface area contributed by atoms with E-state index in [2.05, 4.69) is 30.9 Å². The Morgan fingerprint density at radius 3 is 2.58 bits per heavy atom. The third-order valence-corrected chi connectivity index (χ3v) is 2.27. The molecule has 1 unspecified atom stereocenters. The minimum Gasteiger partial charge on any atom is -0.297 e. The highest BCUT2D eigenvalue weighted by atomic mass is 19.1. The number of likely N-dealkylation sites (N-methyl/N-ethyl adjacent to an activating group) is 1. The number of hydrogen-bond donors (Lipinski definition) is 0. The first kappa shape index (κ1) is 9.72. The van der Waals surface area contributed by atoms with E-state index < -0.39 is 6.17 Å². The average molecular weight is 171 g/mol. The van der Waals surface area contributed by atoms with Crippen LogP contribution in [0.3, 0.4) is 0 Å². The van der Waals surface area contributed by atoms with Gasteiger partial charge in [0, 0.05) is 12.6 Å². The summed E-state index contributed by atoms with van der Waals surface area (Å²) in [7, 11) is 1.98. The second-order valence-electron chi connectivity index (χ2n) is 3.97. The molecule has 0 aromatic carbocycles. The number of rotatable bonds is 2. The molecule has 0 aromatic heterocycles. The van der Waals surface area contributed by atoms with E-state index in [0.29, 0.717) is 24.9 Å². The number of hydrogen-bond acceptors (Lipinski definition) is 1. The molecule has 0 aromatic rings. The Morgan fingerprint density at radius 1 is 1.50 bits per heavy atom. The first-order valence-corrected chi connectivity index (χ1v) is 4.62. The van der Waals surface area contributed by atoms with Gasteiger partial charge in [0.15, 0.2) is 0 Å². The standard InChI is InChI=1S/C10H18FN/c1-8(2)4-5-10-6-9(11)7-12(10)3/h4-5,8-10H,6-7H2,1-3H3/b5-4+/t9-,10?/m1/s1. The zero-order chi connectivity index (χ0) is 9.14. The van der Waals surface area contributed by atoms with Crippen LogP contribution in [0.2, 0.25) is 0 Å². The van der Waals surface area contributed by atoms with Gasteiger partial charge in [-0.15, -0.1) is 0 Å². The summed E-state index contributed by atoms with van der Waals surface area (Å²) in [4.78, 5) is 2.07. The molecule has 1 rings (SSSR count). The largest absolute Gasteiger partial charge is 0.297 e. The molecule has 1 fully saturated rings. The van der Waals surface area contributed by atoms with Gasteiger partial charge in [-0.2, -0.15) is 0 Å². The highest BCUT2D eigenvalue weighted by Crippen LogP contribution is 2.19. The molecule has 0 N–H and O–H groups in total. The van der Waals surface area contributed by atoms with E-state index in [1.54, 1.807) is 0 Å². The molecule has 70 valence electrons. The maximum atomic E-state index is 12.9. The van der Waals surface area contributed by atoms with Crippen molar-refractivity contribution in [3.05, 3.63) is 12.2 Å². The van der Waals surface area contributed by atoms with Crippen LogP contribution in [-0.4, -0.2) is 30.7 Å². The van der Waals surface area contributed by atoms with Gasteiger partial charge in [-0.25, -0.2) is 4.39 Å². The van der Waals surface area contributed by atoms with Gasteiger partial charge in [-0.05, 0) is 19.4 Å². The Hall–Kier alpha value is -0.370. The van der Waals surface area contributed by atoms with Crippen LogP contribution in [0.15, 0.2) is 12.2 Å². The highest BCUT2D eigenvalue weighted by Gasteiger charge is 2.26. The lowest BCUT2D eigenvalue weighted by Gasteiger charge is -2.14. The summed E-state index contributed by atoms with van der Waals surface area (Å²) in [6.45, 7) is 4.86. The molecule has 12 heavy (non-hydrogen) atoms. The lowest BCUT2D eigenvalue weighted by atomic mass is 10.1. The van der Waals surface area contributed by atoms with E-state index in [4.69, 9.17) is 0 Å². The average Bonchev–Trinajstić information content (AvgIpc) is 2.26. The van der Waals surface area contributed by atoms with Crippen LogP contribution in [-0.2, 0) is 0 Å². The first-order valence-electron chi connectivity index (χ1n) is 4.62. The number of alkyl halides is 1. The SMILES string of the molecule is CC(C)/C=C/C1C[C@@H](F)CN1C.